The molecule has 1 aromatic rings. The number of rotatable bonds is 2. The number of hydrogen-bond acceptors (Lipinski definition) is 3. The molecule has 2 N–H and O–H groups in total. The molecular formula is C38H49N3O3. The highest BCUT2D eigenvalue weighted by Crippen LogP contribution is 2.73. The molecule has 5 aliphatic carbocycles. The van der Waals surface area contributed by atoms with Gasteiger partial charge in [-0.25, -0.2) is 9.64 Å². The first kappa shape index (κ1) is 30.8. The van der Waals surface area contributed by atoms with Crippen molar-refractivity contribution in [2.75, 3.05) is 5.32 Å². The molecule has 6 heteroatoms. The third-order valence-electron chi connectivity index (χ3n) is 13.5. The number of fused-ring (bicyclic) bond motifs is 7. The zero-order valence-corrected chi connectivity index (χ0v) is 27.8. The maximum Gasteiger partial charge on any atom is 0.319 e. The molecule has 6 rings (SSSR count). The van der Waals surface area contributed by atoms with Crippen LogP contribution in [0.2, 0.25) is 0 Å². The summed E-state index contributed by atoms with van der Waals surface area (Å²) < 4.78 is 0. The third-order valence-corrected chi connectivity index (χ3v) is 13.5. The number of nitrogens with zero attached hydrogens (tertiary/aromatic N) is 1. The summed E-state index contributed by atoms with van der Waals surface area (Å²) in [5.41, 5.74) is 1.04. The number of benzene rings is 1. The Morgan fingerprint density at radius 1 is 0.932 bits per heavy atom. The van der Waals surface area contributed by atoms with Crippen molar-refractivity contribution in [1.82, 2.24) is 5.32 Å². The van der Waals surface area contributed by atoms with Gasteiger partial charge in [-0.05, 0) is 98.2 Å². The number of aryl methyl sites for hydroxylation is 1. The van der Waals surface area contributed by atoms with Gasteiger partial charge in [-0.2, -0.15) is 0 Å². The summed E-state index contributed by atoms with van der Waals surface area (Å²) in [5.74, 6) is -0.0927. The van der Waals surface area contributed by atoms with Crippen molar-refractivity contribution in [3.05, 3.63) is 64.7 Å². The van der Waals surface area contributed by atoms with Gasteiger partial charge in [0.15, 0.2) is 11.6 Å². The van der Waals surface area contributed by atoms with Gasteiger partial charge in [0.2, 0.25) is 5.70 Å². The lowest BCUT2D eigenvalue weighted by molar-refractivity contribution is -0.160. The van der Waals surface area contributed by atoms with Crippen LogP contribution >= 0.6 is 0 Å². The smallest absolute Gasteiger partial charge is 0.319 e. The van der Waals surface area contributed by atoms with E-state index in [0.717, 1.165) is 61.8 Å². The number of allylic oxidation sites excluding steroid dienone is 4. The Kier molecular flexibility index (Phi) is 6.76. The SMILES string of the molecule is [C-]#[N+]C1=C[C@]2(C)C3=CC(=O)C4C5CC(C)(C)CC[C@]5(NC(=O)Nc5ccc(C)cc5)CC[C@@]4(C)[C@]3(C)CC[C@H]2C(C)(C)C1=O. The van der Waals surface area contributed by atoms with Gasteiger partial charge in [0.25, 0.3) is 0 Å². The minimum Gasteiger partial charge on any atom is -0.332 e. The molecule has 2 amide bonds. The Balaban J connectivity index is 1.42. The van der Waals surface area contributed by atoms with Crippen molar-refractivity contribution in [1.29, 1.82) is 0 Å². The fraction of sp³-hybridized carbons (Fsp3) is 0.632. The maximum atomic E-state index is 14.7. The molecule has 3 fully saturated rings. The average molecular weight is 596 g/mol. The second-order valence-corrected chi connectivity index (χ2v) is 16.8. The highest BCUT2D eigenvalue weighted by molar-refractivity contribution is 6.03. The Morgan fingerprint density at radius 3 is 2.25 bits per heavy atom. The molecule has 0 spiro atoms. The first-order valence-electron chi connectivity index (χ1n) is 16.5. The number of Topliss-reactive ketones (excluding diaryl/α,β-unsaturated/α-hetero) is 1. The Bertz CT molecular complexity index is 1540. The predicted molar refractivity (Wildman–Crippen MR) is 174 cm³/mol. The minimum absolute atomic E-state index is 0.0140. The lowest BCUT2D eigenvalue weighted by Crippen LogP contribution is -2.70. The van der Waals surface area contributed by atoms with Crippen LogP contribution in [0.4, 0.5) is 10.5 Å². The predicted octanol–water partition coefficient (Wildman–Crippen LogP) is 8.44. The van der Waals surface area contributed by atoms with Gasteiger partial charge in [0.1, 0.15) is 0 Å². The van der Waals surface area contributed by atoms with E-state index in [1.54, 1.807) is 0 Å². The van der Waals surface area contributed by atoms with E-state index in [0.29, 0.717) is 0 Å². The number of hydrogen-bond donors (Lipinski definition) is 2. The van der Waals surface area contributed by atoms with Crippen molar-refractivity contribution in [2.45, 2.75) is 106 Å². The fourth-order valence-electron chi connectivity index (χ4n) is 10.8. The van der Waals surface area contributed by atoms with Crippen molar-refractivity contribution in [2.24, 2.45) is 44.8 Å². The molecule has 0 bridgehead atoms. The van der Waals surface area contributed by atoms with Crippen LogP contribution in [0.3, 0.4) is 0 Å². The van der Waals surface area contributed by atoms with E-state index in [1.165, 1.54) is 0 Å². The second-order valence-electron chi connectivity index (χ2n) is 16.8. The van der Waals surface area contributed by atoms with Crippen LogP contribution in [0.15, 0.2) is 47.7 Å². The zero-order valence-electron chi connectivity index (χ0n) is 27.8. The molecule has 3 saturated carbocycles. The Hall–Kier alpha value is -3.20. The van der Waals surface area contributed by atoms with E-state index in [1.807, 2.05) is 57.2 Å². The van der Waals surface area contributed by atoms with E-state index in [-0.39, 0.29) is 57.3 Å². The first-order chi connectivity index (χ1) is 20.4. The standard InChI is InChI=1S/C38H49N3O3/c1-23-10-12-24(13-11-23)40-32(44)41-38-18-16-33(2,3)21-25(38)30-27(42)20-29-35(6)22-26(39-9)31(43)34(4,5)28(35)14-15-36(29,7)37(30,8)17-19-38/h10-13,20,22,25,28,30H,14-19,21H2,1-8H3,(H2,40,41,44)/t25?,28-,30?,35-,36+,37+,38-/m0/s1. The normalized spacial score (nSPS) is 40.1. The average Bonchev–Trinajstić information content (AvgIpc) is 2.94. The van der Waals surface area contributed by atoms with Gasteiger partial charge in [0.05, 0.1) is 6.57 Å². The summed E-state index contributed by atoms with van der Waals surface area (Å²) in [6.07, 6.45) is 10.0. The monoisotopic (exact) mass is 595 g/mol. The molecule has 5 aliphatic rings. The van der Waals surface area contributed by atoms with E-state index in [4.69, 9.17) is 6.57 Å². The molecule has 6 nitrogen and oxygen atoms in total. The van der Waals surface area contributed by atoms with E-state index in [2.05, 4.69) is 50.1 Å². The minimum atomic E-state index is -0.670. The number of amides is 2. The van der Waals surface area contributed by atoms with Gasteiger partial charge in [-0.3, -0.25) is 4.79 Å². The first-order valence-corrected chi connectivity index (χ1v) is 16.5. The summed E-state index contributed by atoms with van der Waals surface area (Å²) in [5, 5.41) is 6.53. The van der Waals surface area contributed by atoms with Crippen LogP contribution in [-0.2, 0) is 9.59 Å². The van der Waals surface area contributed by atoms with Crippen molar-refractivity contribution in [3.63, 3.8) is 0 Å². The number of urea groups is 1. The molecule has 1 aromatic carbocycles. The van der Waals surface area contributed by atoms with Crippen molar-refractivity contribution in [3.8, 4) is 0 Å². The number of carbonyl (C=O) groups is 3. The van der Waals surface area contributed by atoms with Crippen LogP contribution in [0.25, 0.3) is 4.85 Å². The highest BCUT2D eigenvalue weighted by atomic mass is 16.2. The molecular weight excluding hydrogens is 546 g/mol. The van der Waals surface area contributed by atoms with E-state index >= 15 is 0 Å². The topological polar surface area (TPSA) is 79.6 Å². The molecule has 0 aliphatic heterocycles. The summed E-state index contributed by atoms with van der Waals surface area (Å²) in [6.45, 7) is 25.3. The number of carbonyl (C=O) groups excluding carboxylic acids is 3. The molecule has 234 valence electrons. The van der Waals surface area contributed by atoms with Gasteiger partial charge < -0.3 is 15.4 Å². The number of anilines is 1. The van der Waals surface area contributed by atoms with E-state index in [9.17, 15) is 14.4 Å². The van der Waals surface area contributed by atoms with Crippen LogP contribution in [0, 0.1) is 58.3 Å². The number of nitrogens with one attached hydrogen (secondary N) is 2. The van der Waals surface area contributed by atoms with Gasteiger partial charge in [-0.15, -0.1) is 0 Å². The zero-order chi connectivity index (χ0) is 32.1. The summed E-state index contributed by atoms with van der Waals surface area (Å²) in [7, 11) is 0. The maximum absolute atomic E-state index is 14.7. The molecule has 44 heavy (non-hydrogen) atoms. The Morgan fingerprint density at radius 2 is 1.59 bits per heavy atom. The van der Waals surface area contributed by atoms with Gasteiger partial charge >= 0.3 is 6.03 Å². The van der Waals surface area contributed by atoms with Gasteiger partial charge in [-0.1, -0.05) is 77.8 Å². The largest absolute Gasteiger partial charge is 0.332 e. The molecule has 0 saturated heterocycles. The van der Waals surface area contributed by atoms with Crippen LogP contribution < -0.4 is 10.6 Å². The molecule has 0 radical (unpaired) electrons. The summed E-state index contributed by atoms with van der Waals surface area (Å²) >= 11 is 0. The molecule has 2 unspecified atom stereocenters. The summed E-state index contributed by atoms with van der Waals surface area (Å²) in [4.78, 5) is 45.3. The summed E-state index contributed by atoms with van der Waals surface area (Å²) in [6, 6.07) is 7.63. The third kappa shape index (κ3) is 4.21. The highest BCUT2D eigenvalue weighted by Gasteiger charge is 2.70. The second kappa shape index (κ2) is 9.65. The Labute approximate surface area is 263 Å². The van der Waals surface area contributed by atoms with Crippen LogP contribution in [-0.4, -0.2) is 23.1 Å². The van der Waals surface area contributed by atoms with Crippen LogP contribution in [0.1, 0.15) is 99.0 Å². The van der Waals surface area contributed by atoms with Crippen LogP contribution in [0.5, 0.6) is 0 Å². The van der Waals surface area contributed by atoms with Gasteiger partial charge in [0, 0.05) is 28.0 Å². The number of ketones is 2. The fourth-order valence-corrected chi connectivity index (χ4v) is 10.8. The molecule has 0 heterocycles. The molecule has 7 atom stereocenters. The van der Waals surface area contributed by atoms with Crippen molar-refractivity contribution >= 4 is 23.3 Å². The lowest BCUT2D eigenvalue weighted by atomic mass is 9.35. The quantitative estimate of drug-likeness (QED) is 0.337. The molecule has 0 aromatic heterocycles. The lowest BCUT2D eigenvalue weighted by Gasteiger charge is -2.69. The van der Waals surface area contributed by atoms with Crippen molar-refractivity contribution < 1.29 is 14.4 Å². The van der Waals surface area contributed by atoms with E-state index < -0.39 is 16.4 Å².